The van der Waals surface area contributed by atoms with Crippen molar-refractivity contribution in [3.8, 4) is 0 Å². The van der Waals surface area contributed by atoms with E-state index in [2.05, 4.69) is 0 Å². The first-order valence-corrected chi connectivity index (χ1v) is 7.87. The smallest absolute Gasteiger partial charge is 0.246 e. The molecule has 20 heavy (non-hydrogen) atoms. The second-order valence-corrected chi connectivity index (χ2v) is 6.71. The van der Waals surface area contributed by atoms with Crippen molar-refractivity contribution in [2.24, 2.45) is 0 Å². The molecule has 1 aliphatic heterocycles. The summed E-state index contributed by atoms with van der Waals surface area (Å²) in [5, 5.41) is 0. The maximum Gasteiger partial charge on any atom is 0.246 e. The van der Waals surface area contributed by atoms with Crippen LogP contribution in [0.25, 0.3) is 0 Å². The van der Waals surface area contributed by atoms with E-state index >= 15 is 0 Å². The summed E-state index contributed by atoms with van der Waals surface area (Å²) in [6.45, 7) is 2.75. The van der Waals surface area contributed by atoms with Gasteiger partial charge in [-0.25, -0.2) is 12.8 Å². The van der Waals surface area contributed by atoms with Crippen LogP contribution in [0.3, 0.4) is 0 Å². The van der Waals surface area contributed by atoms with Crippen molar-refractivity contribution in [1.29, 1.82) is 0 Å². The first-order valence-electron chi connectivity index (χ1n) is 6.43. The molecule has 0 N–H and O–H groups in total. The SMILES string of the molecule is C[C@H]1c2cccn2CCN1S(=O)(=O)c1ccccc1F. The molecule has 0 fully saturated rings. The summed E-state index contributed by atoms with van der Waals surface area (Å²) in [5.41, 5.74) is 0.927. The third kappa shape index (κ3) is 1.96. The van der Waals surface area contributed by atoms with Crippen LogP contribution in [0, 0.1) is 5.82 Å². The van der Waals surface area contributed by atoms with Crippen LogP contribution in [0.1, 0.15) is 18.7 Å². The lowest BCUT2D eigenvalue weighted by molar-refractivity contribution is 0.281. The van der Waals surface area contributed by atoms with Crippen LogP contribution >= 0.6 is 0 Å². The van der Waals surface area contributed by atoms with Crippen LogP contribution in [0.15, 0.2) is 47.5 Å². The summed E-state index contributed by atoms with van der Waals surface area (Å²) in [7, 11) is -3.82. The lowest BCUT2D eigenvalue weighted by Gasteiger charge is -2.33. The summed E-state index contributed by atoms with van der Waals surface area (Å²) in [5.74, 6) is -0.708. The predicted octanol–water partition coefficient (Wildman–Crippen LogP) is 2.39. The van der Waals surface area contributed by atoms with Crippen LogP contribution in [-0.2, 0) is 16.6 Å². The Kier molecular flexibility index (Phi) is 3.14. The molecule has 6 heteroatoms. The first kappa shape index (κ1) is 13.3. The van der Waals surface area contributed by atoms with Gasteiger partial charge in [0.15, 0.2) is 0 Å². The zero-order valence-corrected chi connectivity index (χ0v) is 11.8. The van der Waals surface area contributed by atoms with Gasteiger partial charge in [-0.2, -0.15) is 4.31 Å². The van der Waals surface area contributed by atoms with E-state index in [-0.39, 0.29) is 10.9 Å². The van der Waals surface area contributed by atoms with Crippen LogP contribution < -0.4 is 0 Å². The maximum absolute atomic E-state index is 13.8. The zero-order chi connectivity index (χ0) is 14.3. The van der Waals surface area contributed by atoms with Crippen LogP contribution in [0.2, 0.25) is 0 Å². The zero-order valence-electron chi connectivity index (χ0n) is 11.0. The predicted molar refractivity (Wildman–Crippen MR) is 73.1 cm³/mol. The number of hydrogen-bond donors (Lipinski definition) is 0. The van der Waals surface area contributed by atoms with Gasteiger partial charge in [0.25, 0.3) is 0 Å². The van der Waals surface area contributed by atoms with Gasteiger partial charge in [-0.1, -0.05) is 12.1 Å². The minimum Gasteiger partial charge on any atom is -0.349 e. The minimum atomic E-state index is -3.82. The highest BCUT2D eigenvalue weighted by Gasteiger charge is 2.35. The highest BCUT2D eigenvalue weighted by Crippen LogP contribution is 2.31. The third-order valence-corrected chi connectivity index (χ3v) is 5.71. The second-order valence-electron chi connectivity index (χ2n) is 4.85. The van der Waals surface area contributed by atoms with Gasteiger partial charge in [-0.05, 0) is 31.2 Å². The van der Waals surface area contributed by atoms with Gasteiger partial charge < -0.3 is 4.57 Å². The molecule has 1 aromatic heterocycles. The van der Waals surface area contributed by atoms with E-state index in [1.807, 2.05) is 29.8 Å². The van der Waals surface area contributed by atoms with Crippen LogP contribution in [-0.4, -0.2) is 23.8 Å². The Balaban J connectivity index is 2.04. The summed E-state index contributed by atoms with van der Waals surface area (Å²) < 4.78 is 42.4. The highest BCUT2D eigenvalue weighted by atomic mass is 32.2. The molecular formula is C14H15FN2O2S. The van der Waals surface area contributed by atoms with Crippen molar-refractivity contribution in [2.45, 2.75) is 24.4 Å². The molecule has 4 nitrogen and oxygen atoms in total. The Hall–Kier alpha value is -1.66. The summed E-state index contributed by atoms with van der Waals surface area (Å²) in [6, 6.07) is 8.99. The van der Waals surface area contributed by atoms with Gasteiger partial charge in [0.05, 0.1) is 6.04 Å². The van der Waals surface area contributed by atoms with Crippen molar-refractivity contribution in [1.82, 2.24) is 8.87 Å². The molecule has 1 aromatic carbocycles. The fraction of sp³-hybridized carbons (Fsp3) is 0.286. The van der Waals surface area contributed by atoms with Crippen molar-refractivity contribution in [2.75, 3.05) is 6.54 Å². The normalized spacial score (nSPS) is 19.8. The molecule has 1 atom stereocenters. The van der Waals surface area contributed by atoms with Crippen molar-refractivity contribution in [3.63, 3.8) is 0 Å². The molecule has 0 saturated carbocycles. The highest BCUT2D eigenvalue weighted by molar-refractivity contribution is 7.89. The molecule has 0 amide bonds. The van der Waals surface area contributed by atoms with E-state index in [4.69, 9.17) is 0 Å². The Labute approximate surface area is 117 Å². The van der Waals surface area contributed by atoms with E-state index < -0.39 is 15.8 Å². The lowest BCUT2D eigenvalue weighted by Crippen LogP contribution is -2.40. The molecular weight excluding hydrogens is 279 g/mol. The Bertz CT molecular complexity index is 739. The lowest BCUT2D eigenvalue weighted by atomic mass is 10.2. The minimum absolute atomic E-state index is 0.258. The van der Waals surface area contributed by atoms with E-state index in [0.717, 1.165) is 5.69 Å². The Morgan fingerprint density at radius 3 is 2.65 bits per heavy atom. The summed E-state index contributed by atoms with van der Waals surface area (Å²) >= 11 is 0. The number of aromatic nitrogens is 1. The van der Waals surface area contributed by atoms with E-state index in [9.17, 15) is 12.8 Å². The quantitative estimate of drug-likeness (QED) is 0.853. The van der Waals surface area contributed by atoms with Gasteiger partial charge in [0, 0.05) is 25.0 Å². The van der Waals surface area contributed by atoms with E-state index in [1.165, 1.54) is 28.6 Å². The molecule has 2 heterocycles. The number of halogens is 1. The molecule has 0 bridgehead atoms. The standard InChI is InChI=1S/C14H15FN2O2S/c1-11-13-6-4-8-16(13)9-10-17(11)20(18,19)14-7-3-2-5-12(14)15/h2-8,11H,9-10H2,1H3/t11-/m0/s1. The number of rotatable bonds is 2. The Morgan fingerprint density at radius 2 is 1.90 bits per heavy atom. The summed E-state index contributed by atoms with van der Waals surface area (Å²) in [4.78, 5) is -0.258. The van der Waals surface area contributed by atoms with Gasteiger partial charge in [0.2, 0.25) is 10.0 Å². The number of sulfonamides is 1. The van der Waals surface area contributed by atoms with E-state index in [1.54, 1.807) is 0 Å². The number of nitrogens with zero attached hydrogens (tertiary/aromatic N) is 2. The monoisotopic (exact) mass is 294 g/mol. The van der Waals surface area contributed by atoms with Gasteiger partial charge in [-0.15, -0.1) is 0 Å². The van der Waals surface area contributed by atoms with Crippen LogP contribution in [0.5, 0.6) is 0 Å². The average Bonchev–Trinajstić information content (AvgIpc) is 2.88. The van der Waals surface area contributed by atoms with Crippen LogP contribution in [0.4, 0.5) is 4.39 Å². The van der Waals surface area contributed by atoms with Crippen molar-refractivity contribution < 1.29 is 12.8 Å². The van der Waals surface area contributed by atoms with Gasteiger partial charge in [-0.3, -0.25) is 0 Å². The second kappa shape index (κ2) is 4.71. The van der Waals surface area contributed by atoms with Gasteiger partial charge in [0.1, 0.15) is 10.7 Å². The van der Waals surface area contributed by atoms with Crippen molar-refractivity contribution in [3.05, 3.63) is 54.1 Å². The number of benzene rings is 1. The maximum atomic E-state index is 13.8. The molecule has 0 saturated heterocycles. The largest absolute Gasteiger partial charge is 0.349 e. The molecule has 0 radical (unpaired) electrons. The fourth-order valence-corrected chi connectivity index (χ4v) is 4.33. The molecule has 1 aliphatic rings. The summed E-state index contributed by atoms with van der Waals surface area (Å²) in [6.07, 6.45) is 1.93. The number of fused-ring (bicyclic) bond motifs is 1. The molecule has 0 aliphatic carbocycles. The molecule has 3 rings (SSSR count). The Morgan fingerprint density at radius 1 is 1.15 bits per heavy atom. The molecule has 2 aromatic rings. The number of hydrogen-bond acceptors (Lipinski definition) is 2. The third-order valence-electron chi connectivity index (χ3n) is 3.71. The van der Waals surface area contributed by atoms with Crippen molar-refractivity contribution >= 4 is 10.0 Å². The first-order chi connectivity index (χ1) is 9.51. The fourth-order valence-electron chi connectivity index (χ4n) is 2.67. The molecule has 0 spiro atoms. The van der Waals surface area contributed by atoms with Gasteiger partial charge >= 0.3 is 0 Å². The average molecular weight is 294 g/mol. The topological polar surface area (TPSA) is 42.3 Å². The molecule has 0 unspecified atom stereocenters. The molecule has 106 valence electrons. The van der Waals surface area contributed by atoms with E-state index in [0.29, 0.717) is 13.1 Å².